The second-order valence-electron chi connectivity index (χ2n) is 13.2. The van der Waals surface area contributed by atoms with E-state index in [2.05, 4.69) is 159 Å². The van der Waals surface area contributed by atoms with Crippen molar-refractivity contribution in [2.24, 2.45) is 0 Å². The minimum atomic E-state index is -0.175. The third-order valence-electron chi connectivity index (χ3n) is 10.4. The molecule has 1 aliphatic carbocycles. The highest BCUT2D eigenvalue weighted by Gasteiger charge is 2.38. The fourth-order valence-corrected chi connectivity index (χ4v) is 8.29. The van der Waals surface area contributed by atoms with E-state index in [1.165, 1.54) is 82.2 Å². The molecule has 0 unspecified atom stereocenters. The van der Waals surface area contributed by atoms with E-state index in [0.717, 1.165) is 16.6 Å². The van der Waals surface area contributed by atoms with E-state index in [4.69, 9.17) is 4.42 Å². The summed E-state index contributed by atoms with van der Waals surface area (Å²) in [6, 6.07) is 53.3. The quantitative estimate of drug-likeness (QED) is 0.184. The zero-order valence-corrected chi connectivity index (χ0v) is 25.8. The van der Waals surface area contributed by atoms with Crippen LogP contribution in [0.1, 0.15) is 25.0 Å². The first-order chi connectivity index (χ1) is 22.6. The second-order valence-corrected chi connectivity index (χ2v) is 13.2. The lowest BCUT2D eigenvalue weighted by atomic mass is 9.80. The predicted molar refractivity (Wildman–Crippen MR) is 195 cm³/mol. The monoisotopic (exact) mass is 586 g/mol. The van der Waals surface area contributed by atoms with Crippen molar-refractivity contribution in [3.8, 4) is 33.4 Å². The molecule has 0 atom stereocenters. The summed E-state index contributed by atoms with van der Waals surface area (Å²) in [6.45, 7) is 4.72. The van der Waals surface area contributed by atoms with Gasteiger partial charge in [-0.2, -0.15) is 0 Å². The van der Waals surface area contributed by atoms with Crippen LogP contribution in [-0.2, 0) is 5.41 Å². The first-order valence-electron chi connectivity index (χ1n) is 16.1. The van der Waals surface area contributed by atoms with Crippen LogP contribution in [0.15, 0.2) is 150 Å². The lowest BCUT2D eigenvalue weighted by Crippen LogP contribution is -2.15. The molecule has 46 heavy (non-hydrogen) atoms. The summed E-state index contributed by atoms with van der Waals surface area (Å²) in [5.74, 6) is 0. The van der Waals surface area contributed by atoms with E-state index in [1.54, 1.807) is 0 Å². The predicted octanol–water partition coefficient (Wildman–Crippen LogP) is 12.7. The van der Waals surface area contributed by atoms with Crippen LogP contribution in [0.2, 0.25) is 0 Å². The van der Waals surface area contributed by atoms with Crippen LogP contribution in [0.3, 0.4) is 0 Å². The summed E-state index contributed by atoms with van der Waals surface area (Å²) < 4.78 is 6.84. The zero-order valence-electron chi connectivity index (χ0n) is 25.8. The lowest BCUT2D eigenvalue weighted by Gasteiger charge is -2.23. The van der Waals surface area contributed by atoms with E-state index in [-0.39, 0.29) is 5.41 Å². The van der Waals surface area contributed by atoms with Crippen LogP contribution < -0.4 is 0 Å². The van der Waals surface area contributed by atoms with Gasteiger partial charge in [0.05, 0.1) is 0 Å². The van der Waals surface area contributed by atoms with Crippen molar-refractivity contribution in [2.75, 3.05) is 0 Å². The smallest absolute Gasteiger partial charge is 0.143 e. The van der Waals surface area contributed by atoms with E-state index in [0.29, 0.717) is 0 Å². The van der Waals surface area contributed by atoms with Gasteiger partial charge >= 0.3 is 0 Å². The summed E-state index contributed by atoms with van der Waals surface area (Å²) in [5.41, 5.74) is 12.0. The number of hydrogen-bond donors (Lipinski definition) is 0. The van der Waals surface area contributed by atoms with Crippen molar-refractivity contribution < 1.29 is 4.42 Å². The van der Waals surface area contributed by atoms with E-state index in [9.17, 15) is 0 Å². The van der Waals surface area contributed by atoms with Gasteiger partial charge in [0.25, 0.3) is 0 Å². The molecule has 0 radical (unpaired) electrons. The topological polar surface area (TPSA) is 13.1 Å². The van der Waals surface area contributed by atoms with Gasteiger partial charge in [0, 0.05) is 27.1 Å². The molecule has 0 fully saturated rings. The molecule has 0 aliphatic heterocycles. The molecule has 9 aromatic rings. The summed E-state index contributed by atoms with van der Waals surface area (Å²) in [5, 5.41) is 9.84. The molecule has 1 heteroatoms. The third kappa shape index (κ3) is 3.35. The van der Waals surface area contributed by atoms with Gasteiger partial charge in [-0.25, -0.2) is 0 Å². The van der Waals surface area contributed by atoms with Crippen LogP contribution in [-0.4, -0.2) is 0 Å². The molecule has 10 rings (SSSR count). The van der Waals surface area contributed by atoms with E-state index >= 15 is 0 Å². The third-order valence-corrected chi connectivity index (χ3v) is 10.4. The van der Waals surface area contributed by atoms with Crippen LogP contribution in [0.25, 0.3) is 87.6 Å². The maximum absolute atomic E-state index is 6.84. The minimum absolute atomic E-state index is 0.175. The summed E-state index contributed by atoms with van der Waals surface area (Å²) in [6.07, 6.45) is 0. The fourth-order valence-electron chi connectivity index (χ4n) is 8.29. The van der Waals surface area contributed by atoms with Gasteiger partial charge in [-0.3, -0.25) is 0 Å². The molecule has 0 saturated heterocycles. The molecular formula is C45H30O. The van der Waals surface area contributed by atoms with Crippen LogP contribution in [0.4, 0.5) is 0 Å². The maximum Gasteiger partial charge on any atom is 0.143 e. The Bertz CT molecular complexity index is 2650. The Balaban J connectivity index is 1.25. The standard InChI is InChI=1S/C45H30O/c1-45(2)38-25-24-36-35-22-20-27-12-6-7-15-30(27)43(35)46-44(36)42(38)37-23-21-29(26-39(37)45)41-33-18-10-8-16-31(33)40(28-13-4-3-5-14-28)32-17-9-11-19-34(32)41/h3-26H,1-2H3. The van der Waals surface area contributed by atoms with Crippen molar-refractivity contribution in [1.82, 2.24) is 0 Å². The molecule has 0 bridgehead atoms. The van der Waals surface area contributed by atoms with Crippen LogP contribution in [0.5, 0.6) is 0 Å². The number of furan rings is 1. The highest BCUT2D eigenvalue weighted by Crippen LogP contribution is 2.54. The van der Waals surface area contributed by atoms with Gasteiger partial charge in [-0.1, -0.05) is 147 Å². The van der Waals surface area contributed by atoms with Gasteiger partial charge < -0.3 is 4.42 Å². The van der Waals surface area contributed by atoms with Gasteiger partial charge in [0.2, 0.25) is 0 Å². The zero-order chi connectivity index (χ0) is 30.6. The molecule has 0 amide bonds. The molecule has 1 nitrogen and oxygen atoms in total. The minimum Gasteiger partial charge on any atom is -0.455 e. The first-order valence-corrected chi connectivity index (χ1v) is 16.1. The van der Waals surface area contributed by atoms with Gasteiger partial charge in [-0.15, -0.1) is 0 Å². The highest BCUT2D eigenvalue weighted by atomic mass is 16.3. The summed E-state index contributed by atoms with van der Waals surface area (Å²) in [7, 11) is 0. The lowest BCUT2D eigenvalue weighted by molar-refractivity contribution is 0.654. The Labute approximate surface area is 267 Å². The number of hydrogen-bond acceptors (Lipinski definition) is 1. The van der Waals surface area contributed by atoms with Crippen LogP contribution >= 0.6 is 0 Å². The average Bonchev–Trinajstić information content (AvgIpc) is 3.60. The Morgan fingerprint density at radius 1 is 0.391 bits per heavy atom. The van der Waals surface area contributed by atoms with Crippen molar-refractivity contribution in [1.29, 1.82) is 0 Å². The number of benzene rings is 8. The largest absolute Gasteiger partial charge is 0.455 e. The number of fused-ring (bicyclic) bond motifs is 11. The average molecular weight is 587 g/mol. The number of rotatable bonds is 2. The Hall–Kier alpha value is -5.66. The first kappa shape index (κ1) is 25.6. The maximum atomic E-state index is 6.84. The van der Waals surface area contributed by atoms with Gasteiger partial charge in [0.15, 0.2) is 0 Å². The molecule has 0 spiro atoms. The molecular weight excluding hydrogens is 556 g/mol. The highest BCUT2D eigenvalue weighted by molar-refractivity contribution is 6.22. The summed E-state index contributed by atoms with van der Waals surface area (Å²) >= 11 is 0. The molecule has 1 heterocycles. The van der Waals surface area contributed by atoms with E-state index < -0.39 is 0 Å². The Morgan fingerprint density at radius 2 is 0.957 bits per heavy atom. The van der Waals surface area contributed by atoms with Gasteiger partial charge in [0.1, 0.15) is 11.2 Å². The SMILES string of the molecule is CC1(C)c2cc(-c3c4ccccc4c(-c4ccccc4)c4ccccc34)ccc2-c2c1ccc1c2oc2c3ccccc3ccc12. The Morgan fingerprint density at radius 3 is 1.65 bits per heavy atom. The molecule has 1 aromatic heterocycles. The normalized spacial score (nSPS) is 13.6. The van der Waals surface area contributed by atoms with Crippen molar-refractivity contribution >= 4 is 54.3 Å². The van der Waals surface area contributed by atoms with Crippen molar-refractivity contribution in [3.63, 3.8) is 0 Å². The molecule has 216 valence electrons. The van der Waals surface area contributed by atoms with Crippen molar-refractivity contribution in [3.05, 3.63) is 157 Å². The fraction of sp³-hybridized carbons (Fsp3) is 0.0667. The molecule has 0 saturated carbocycles. The summed E-state index contributed by atoms with van der Waals surface area (Å²) in [4.78, 5) is 0. The molecule has 1 aliphatic rings. The molecule has 0 N–H and O–H groups in total. The second kappa shape index (κ2) is 9.19. The van der Waals surface area contributed by atoms with E-state index in [1.807, 2.05) is 0 Å². The van der Waals surface area contributed by atoms with Crippen LogP contribution in [0, 0.1) is 0 Å². The Kier molecular flexibility index (Phi) is 5.12. The molecule has 8 aromatic carbocycles. The van der Waals surface area contributed by atoms with Gasteiger partial charge in [-0.05, 0) is 78.0 Å². The van der Waals surface area contributed by atoms with Crippen molar-refractivity contribution in [2.45, 2.75) is 19.3 Å².